The summed E-state index contributed by atoms with van der Waals surface area (Å²) < 4.78 is 0. The normalized spacial score (nSPS) is 28.8. The van der Waals surface area contributed by atoms with Gasteiger partial charge >= 0.3 is 0 Å². The van der Waals surface area contributed by atoms with Crippen LogP contribution in [-0.4, -0.2) is 51.2 Å². The third-order valence-electron chi connectivity index (χ3n) is 11.7. The summed E-state index contributed by atoms with van der Waals surface area (Å²) in [5, 5.41) is 1.75. The summed E-state index contributed by atoms with van der Waals surface area (Å²) in [5.41, 5.74) is 4.98. The first-order valence-corrected chi connectivity index (χ1v) is 36.9. The first kappa shape index (κ1) is 29.5. The third kappa shape index (κ3) is 3.67. The first-order valence-electron chi connectivity index (χ1n) is 13.4. The van der Waals surface area contributed by atoms with Gasteiger partial charge in [-0.2, -0.15) is 0 Å². The molecule has 32 heavy (non-hydrogen) atoms. The van der Waals surface area contributed by atoms with E-state index in [0.29, 0.717) is 15.1 Å². The summed E-state index contributed by atoms with van der Waals surface area (Å²) in [7, 11) is -4.13. The van der Waals surface area contributed by atoms with Crippen LogP contribution in [0, 0.1) is 0 Å². The Morgan fingerprint density at radius 1 is 0.719 bits per heavy atom. The lowest BCUT2D eigenvalue weighted by Gasteiger charge is -2.90. The van der Waals surface area contributed by atoms with E-state index in [0.717, 1.165) is 0 Å². The van der Waals surface area contributed by atoms with E-state index in [1.165, 1.54) is 19.3 Å². The molecule has 0 aliphatic carbocycles. The van der Waals surface area contributed by atoms with Crippen LogP contribution in [0.3, 0.4) is 0 Å². The summed E-state index contributed by atoms with van der Waals surface area (Å²) in [4.78, 5) is 0. The molecule has 186 valence electrons. The Balaban J connectivity index is 2.80. The Kier molecular flexibility index (Phi) is 7.74. The molecule has 2 atom stereocenters. The minimum absolute atomic E-state index is 0.116. The number of hydrogen-bond donors (Lipinski definition) is 0. The van der Waals surface area contributed by atoms with Gasteiger partial charge in [0.2, 0.25) is 0 Å². The molecular formula is C25H58Si7. The van der Waals surface area contributed by atoms with Crippen molar-refractivity contribution in [1.29, 1.82) is 0 Å². The van der Waals surface area contributed by atoms with Gasteiger partial charge in [-0.05, 0) is 21.5 Å². The molecule has 3 saturated heterocycles. The maximum atomic E-state index is 3.06. The largest absolute Gasteiger partial charge is 0.107 e. The molecule has 0 N–H and O–H groups in total. The summed E-state index contributed by atoms with van der Waals surface area (Å²) in [6, 6.07) is 0. The Morgan fingerprint density at radius 3 is 1.44 bits per heavy atom. The third-order valence-corrected chi connectivity index (χ3v) is 184. The van der Waals surface area contributed by atoms with E-state index in [4.69, 9.17) is 0 Å². The van der Waals surface area contributed by atoms with Gasteiger partial charge < -0.3 is 0 Å². The van der Waals surface area contributed by atoms with E-state index in [9.17, 15) is 0 Å². The number of allylic oxidation sites excluding steroid dienone is 1. The fraction of sp³-hybridized carbons (Fsp3) is 0.920. The van der Waals surface area contributed by atoms with Gasteiger partial charge in [0.15, 0.2) is 0 Å². The number of unbranched alkanes of at least 4 members (excludes halogenated alkanes) is 2. The lowest BCUT2D eigenvalue weighted by Crippen LogP contribution is -3.19. The summed E-state index contributed by atoms with van der Waals surface area (Å²) in [5.74, 6) is 0. The zero-order valence-corrected chi connectivity index (χ0v) is 32.0. The fourth-order valence-electron chi connectivity index (χ4n) is 6.76. The molecule has 0 aromatic carbocycles. The van der Waals surface area contributed by atoms with Crippen LogP contribution >= 0.6 is 0 Å². The topological polar surface area (TPSA) is 0 Å². The van der Waals surface area contributed by atoms with Crippen molar-refractivity contribution in [3.05, 3.63) is 11.8 Å². The molecule has 3 fully saturated rings. The first-order chi connectivity index (χ1) is 14.0. The second-order valence-electron chi connectivity index (χ2n) is 15.9. The highest BCUT2D eigenvalue weighted by atomic mass is 30.5. The van der Waals surface area contributed by atoms with Crippen molar-refractivity contribution in [1.82, 2.24) is 0 Å². The van der Waals surface area contributed by atoms with Crippen LogP contribution in [0.5, 0.6) is 0 Å². The molecular weight excluding hydrogens is 497 g/mol. The van der Waals surface area contributed by atoms with Crippen molar-refractivity contribution >= 4 is 51.2 Å². The van der Waals surface area contributed by atoms with Crippen LogP contribution in [0.1, 0.15) is 88.5 Å². The molecule has 2 radical (unpaired) electrons. The Morgan fingerprint density at radius 2 is 1.12 bits per heavy atom. The SMILES string of the molecule is CCCC/C=C/[Si]1[Si]2([Si](C)(C)C(C)(C)C)C[Si]1([Si](C)(C)C(C)(C)C)[Si]2[Si](C)(C)C(C)(C)C. The summed E-state index contributed by atoms with van der Waals surface area (Å²) in [6.07, 6.45) is 6.86. The highest BCUT2D eigenvalue weighted by molar-refractivity contribution is 8.37. The average Bonchev–Trinajstić information content (AvgIpc) is 2.49. The van der Waals surface area contributed by atoms with Crippen LogP contribution < -0.4 is 0 Å². The molecule has 2 bridgehead atoms. The predicted molar refractivity (Wildman–Crippen MR) is 168 cm³/mol. The molecule has 3 heterocycles. The maximum Gasteiger partial charge on any atom is 0.0488 e. The zero-order chi connectivity index (χ0) is 25.4. The highest BCUT2D eigenvalue weighted by Gasteiger charge is 2.94. The van der Waals surface area contributed by atoms with Crippen LogP contribution in [0.2, 0.25) is 60.1 Å². The van der Waals surface area contributed by atoms with E-state index in [1.807, 2.05) is 5.67 Å². The Bertz CT molecular complexity index is 693. The van der Waals surface area contributed by atoms with Gasteiger partial charge in [0.05, 0.1) is 0 Å². The van der Waals surface area contributed by atoms with E-state index in [-0.39, 0.29) is 15.2 Å². The maximum absolute atomic E-state index is 3.06. The van der Waals surface area contributed by atoms with Crippen LogP contribution in [0.4, 0.5) is 0 Å². The standard InChI is InChI=1S/C25H58Si7/c1-17-18-19-20-21-26-31(29(13,14)24(5,6)7)22-32(26,30(15,16)25(8,9)10)27(31)28(11,12)23(2,3)4/h20-21H,17-19,22H2,1-16H3/b21-20+. The van der Waals surface area contributed by atoms with E-state index in [1.54, 1.807) is 0 Å². The van der Waals surface area contributed by atoms with Gasteiger partial charge in [-0.1, -0.05) is 133 Å². The minimum atomic E-state index is -1.28. The minimum Gasteiger partial charge on any atom is -0.107 e. The van der Waals surface area contributed by atoms with Crippen LogP contribution in [-0.2, 0) is 0 Å². The van der Waals surface area contributed by atoms with Gasteiger partial charge in [0, 0.05) is 51.2 Å². The molecule has 0 amide bonds. The molecule has 3 aliphatic heterocycles. The second kappa shape index (κ2) is 8.40. The van der Waals surface area contributed by atoms with Crippen molar-refractivity contribution in [2.75, 3.05) is 0 Å². The molecule has 0 nitrogen and oxygen atoms in total. The fourth-order valence-corrected chi connectivity index (χ4v) is 348. The molecule has 2 unspecified atom stereocenters. The second-order valence-corrected chi connectivity index (χ2v) is 86.5. The molecule has 0 aromatic heterocycles. The molecule has 0 spiro atoms. The lowest BCUT2D eigenvalue weighted by atomic mass is 10.2. The summed E-state index contributed by atoms with van der Waals surface area (Å²) >= 11 is 0. The Hall–Kier alpha value is 1.26. The van der Waals surface area contributed by atoms with Gasteiger partial charge in [-0.15, -0.1) is 5.70 Å². The van der Waals surface area contributed by atoms with Crippen molar-refractivity contribution in [3.8, 4) is 0 Å². The molecule has 0 aromatic rings. The van der Waals surface area contributed by atoms with E-state index in [2.05, 4.69) is 120 Å². The predicted octanol–water partition coefficient (Wildman–Crippen LogP) is 8.80. The quantitative estimate of drug-likeness (QED) is 0.218. The summed E-state index contributed by atoms with van der Waals surface area (Å²) in [6.45, 7) is 41.6. The molecule has 3 rings (SSSR count). The van der Waals surface area contributed by atoms with E-state index < -0.39 is 36.0 Å². The van der Waals surface area contributed by atoms with Crippen LogP contribution in [0.15, 0.2) is 11.8 Å². The van der Waals surface area contributed by atoms with Crippen LogP contribution in [0.25, 0.3) is 0 Å². The van der Waals surface area contributed by atoms with Gasteiger partial charge in [0.1, 0.15) is 0 Å². The van der Waals surface area contributed by atoms with Crippen molar-refractivity contribution in [3.63, 3.8) is 0 Å². The van der Waals surface area contributed by atoms with Crippen molar-refractivity contribution in [2.45, 2.75) is 149 Å². The number of hydrogen-bond acceptors (Lipinski definition) is 0. The van der Waals surface area contributed by atoms with E-state index >= 15 is 0 Å². The average molecular weight is 555 g/mol. The monoisotopic (exact) mass is 554 g/mol. The van der Waals surface area contributed by atoms with Crippen molar-refractivity contribution in [2.24, 2.45) is 0 Å². The lowest BCUT2D eigenvalue weighted by molar-refractivity contribution is 0.729. The smallest absolute Gasteiger partial charge is 0.0488 e. The number of rotatable bonds is 7. The zero-order valence-electron chi connectivity index (χ0n) is 25.0. The molecule has 7 heteroatoms. The van der Waals surface area contributed by atoms with Gasteiger partial charge in [-0.25, -0.2) is 0 Å². The van der Waals surface area contributed by atoms with Gasteiger partial charge in [-0.3, -0.25) is 0 Å². The van der Waals surface area contributed by atoms with Crippen molar-refractivity contribution < 1.29 is 0 Å². The Labute approximate surface area is 210 Å². The van der Waals surface area contributed by atoms with Gasteiger partial charge in [0.25, 0.3) is 0 Å². The highest BCUT2D eigenvalue weighted by Crippen LogP contribution is 2.71. The molecule has 0 saturated carbocycles. The molecule has 3 aliphatic rings.